The highest BCUT2D eigenvalue weighted by Gasteiger charge is 2.13. The zero-order chi connectivity index (χ0) is 16.9. The monoisotopic (exact) mass is 340 g/mol. The molecule has 5 heteroatoms. The first-order valence-electron chi connectivity index (χ1n) is 8.47. The van der Waals surface area contributed by atoms with Crippen molar-refractivity contribution in [3.05, 3.63) is 53.7 Å². The second-order valence-electron chi connectivity index (χ2n) is 6.27. The van der Waals surface area contributed by atoms with Crippen molar-refractivity contribution < 1.29 is 0 Å². The number of rotatable bonds is 4. The minimum atomic E-state index is 0.140. The molecule has 0 saturated carbocycles. The first-order valence-corrected chi connectivity index (χ1v) is 8.88. The molecule has 0 spiro atoms. The van der Waals surface area contributed by atoms with Gasteiger partial charge in [-0.15, -0.1) is 0 Å². The second kappa shape index (κ2) is 7.62. The number of benzene rings is 1. The smallest absolute Gasteiger partial charge is 0.172 e. The molecule has 2 heterocycles. The molecule has 3 rings (SSSR count). The quantitative estimate of drug-likeness (QED) is 0.822. The molecule has 0 amide bonds. The molecule has 1 saturated heterocycles. The number of pyridine rings is 1. The molecule has 2 N–H and O–H groups in total. The van der Waals surface area contributed by atoms with Gasteiger partial charge in [-0.2, -0.15) is 0 Å². The Hall–Kier alpha value is -2.14. The van der Waals surface area contributed by atoms with Crippen molar-refractivity contribution in [2.45, 2.75) is 32.7 Å². The molecule has 24 heavy (non-hydrogen) atoms. The minimum absolute atomic E-state index is 0.140. The average molecular weight is 340 g/mol. The summed E-state index contributed by atoms with van der Waals surface area (Å²) in [6, 6.07) is 12.8. The number of thiocarbonyl (C=S) groups is 1. The zero-order valence-corrected chi connectivity index (χ0v) is 15.1. The van der Waals surface area contributed by atoms with E-state index in [0.717, 1.165) is 11.4 Å². The van der Waals surface area contributed by atoms with Crippen LogP contribution in [0.3, 0.4) is 0 Å². The summed E-state index contributed by atoms with van der Waals surface area (Å²) >= 11 is 5.41. The highest BCUT2D eigenvalue weighted by Crippen LogP contribution is 2.22. The van der Waals surface area contributed by atoms with E-state index >= 15 is 0 Å². The van der Waals surface area contributed by atoms with Crippen LogP contribution in [0.5, 0.6) is 0 Å². The molecule has 0 radical (unpaired) electrons. The van der Waals surface area contributed by atoms with Gasteiger partial charge in [0, 0.05) is 25.0 Å². The summed E-state index contributed by atoms with van der Waals surface area (Å²) in [5, 5.41) is 7.09. The number of anilines is 2. The van der Waals surface area contributed by atoms with Gasteiger partial charge in [0.05, 0.1) is 6.04 Å². The van der Waals surface area contributed by atoms with Crippen LogP contribution in [0.2, 0.25) is 0 Å². The number of hydrogen-bond acceptors (Lipinski definition) is 3. The van der Waals surface area contributed by atoms with Crippen LogP contribution in [0.1, 0.15) is 36.9 Å². The molecule has 1 aromatic carbocycles. The molecule has 0 aliphatic carbocycles. The number of aromatic nitrogens is 1. The van der Waals surface area contributed by atoms with E-state index in [0.29, 0.717) is 5.11 Å². The third-order valence-electron chi connectivity index (χ3n) is 4.45. The van der Waals surface area contributed by atoms with Crippen LogP contribution in [0.15, 0.2) is 42.6 Å². The molecule has 1 fully saturated rings. The lowest BCUT2D eigenvalue weighted by Gasteiger charge is -2.20. The molecule has 0 unspecified atom stereocenters. The summed E-state index contributed by atoms with van der Waals surface area (Å²) in [4.78, 5) is 6.75. The Balaban J connectivity index is 1.58. The molecule has 1 atom stereocenters. The van der Waals surface area contributed by atoms with Gasteiger partial charge < -0.3 is 15.5 Å². The number of nitrogens with one attached hydrogen (secondary N) is 2. The average Bonchev–Trinajstić information content (AvgIpc) is 3.11. The largest absolute Gasteiger partial charge is 0.372 e. The van der Waals surface area contributed by atoms with Crippen molar-refractivity contribution in [3.63, 3.8) is 0 Å². The SMILES string of the molecule is Cc1cccnc1NC(=S)N[C@@H](C)c1ccc(N2CCCC2)cc1. The van der Waals surface area contributed by atoms with Gasteiger partial charge in [0.15, 0.2) is 5.11 Å². The van der Waals surface area contributed by atoms with Gasteiger partial charge in [-0.1, -0.05) is 18.2 Å². The summed E-state index contributed by atoms with van der Waals surface area (Å²) < 4.78 is 0. The van der Waals surface area contributed by atoms with E-state index < -0.39 is 0 Å². The molecule has 1 aromatic heterocycles. The first kappa shape index (κ1) is 16.7. The minimum Gasteiger partial charge on any atom is -0.372 e. The van der Waals surface area contributed by atoms with Crippen LogP contribution in [0.4, 0.5) is 11.5 Å². The molecule has 126 valence electrons. The van der Waals surface area contributed by atoms with E-state index in [9.17, 15) is 0 Å². The molecule has 4 nitrogen and oxygen atoms in total. The van der Waals surface area contributed by atoms with Crippen molar-refractivity contribution in [1.29, 1.82) is 0 Å². The van der Waals surface area contributed by atoms with Crippen LogP contribution in [0.25, 0.3) is 0 Å². The van der Waals surface area contributed by atoms with E-state index in [1.807, 2.05) is 19.1 Å². The zero-order valence-electron chi connectivity index (χ0n) is 14.2. The highest BCUT2D eigenvalue weighted by molar-refractivity contribution is 7.80. The highest BCUT2D eigenvalue weighted by atomic mass is 32.1. The molecule has 2 aromatic rings. The normalized spacial score (nSPS) is 15.2. The van der Waals surface area contributed by atoms with E-state index in [1.54, 1.807) is 6.20 Å². The van der Waals surface area contributed by atoms with Crippen LogP contribution < -0.4 is 15.5 Å². The third kappa shape index (κ3) is 4.03. The topological polar surface area (TPSA) is 40.2 Å². The van der Waals surface area contributed by atoms with Gasteiger partial charge in [0.25, 0.3) is 0 Å². The lowest BCUT2D eigenvalue weighted by atomic mass is 10.1. The molecular weight excluding hydrogens is 316 g/mol. The standard InChI is InChI=1S/C19H24N4S/c1-14-6-5-11-20-18(14)22-19(24)21-15(2)16-7-9-17(10-8-16)23-12-3-4-13-23/h5-11,15H,3-4,12-13H2,1-2H3,(H2,20,21,22,24)/t15-/m0/s1. The maximum Gasteiger partial charge on any atom is 0.172 e. The Morgan fingerprint density at radius 3 is 2.54 bits per heavy atom. The predicted octanol–water partition coefficient (Wildman–Crippen LogP) is 4.04. The maximum absolute atomic E-state index is 5.41. The Bertz CT molecular complexity index is 693. The van der Waals surface area contributed by atoms with Crippen LogP contribution in [0, 0.1) is 6.92 Å². The van der Waals surface area contributed by atoms with Crippen LogP contribution in [-0.2, 0) is 0 Å². The van der Waals surface area contributed by atoms with Gasteiger partial charge in [-0.25, -0.2) is 4.98 Å². The molecule has 1 aliphatic heterocycles. The summed E-state index contributed by atoms with van der Waals surface area (Å²) in [5.74, 6) is 0.798. The van der Waals surface area contributed by atoms with Gasteiger partial charge in [-0.05, 0) is 68.2 Å². The summed E-state index contributed by atoms with van der Waals surface area (Å²) in [5.41, 5.74) is 3.61. The van der Waals surface area contributed by atoms with Crippen LogP contribution >= 0.6 is 12.2 Å². The maximum atomic E-state index is 5.41. The lowest BCUT2D eigenvalue weighted by molar-refractivity contribution is 0.722. The Kier molecular flexibility index (Phi) is 5.30. The number of aryl methyl sites for hydroxylation is 1. The fraction of sp³-hybridized carbons (Fsp3) is 0.368. The Morgan fingerprint density at radius 1 is 1.17 bits per heavy atom. The van der Waals surface area contributed by atoms with Crippen molar-refractivity contribution >= 4 is 28.8 Å². The van der Waals surface area contributed by atoms with Crippen molar-refractivity contribution in [1.82, 2.24) is 10.3 Å². The fourth-order valence-electron chi connectivity index (χ4n) is 2.99. The number of nitrogens with zero attached hydrogens (tertiary/aromatic N) is 2. The number of hydrogen-bond donors (Lipinski definition) is 2. The fourth-order valence-corrected chi connectivity index (χ4v) is 3.26. The van der Waals surface area contributed by atoms with E-state index in [-0.39, 0.29) is 6.04 Å². The molecule has 1 aliphatic rings. The molecule has 0 bridgehead atoms. The van der Waals surface area contributed by atoms with Crippen molar-refractivity contribution in [2.75, 3.05) is 23.3 Å². The summed E-state index contributed by atoms with van der Waals surface area (Å²) in [7, 11) is 0. The molecular formula is C19H24N4S. The summed E-state index contributed by atoms with van der Waals surface area (Å²) in [6.45, 7) is 6.47. The predicted molar refractivity (Wildman–Crippen MR) is 105 cm³/mol. The second-order valence-corrected chi connectivity index (χ2v) is 6.68. The van der Waals surface area contributed by atoms with E-state index in [2.05, 4.69) is 51.7 Å². The summed E-state index contributed by atoms with van der Waals surface area (Å²) in [6.07, 6.45) is 4.36. The Morgan fingerprint density at radius 2 is 1.88 bits per heavy atom. The third-order valence-corrected chi connectivity index (χ3v) is 4.67. The van der Waals surface area contributed by atoms with Gasteiger partial charge in [0.1, 0.15) is 5.82 Å². The van der Waals surface area contributed by atoms with Gasteiger partial charge in [0.2, 0.25) is 0 Å². The lowest BCUT2D eigenvalue weighted by Crippen LogP contribution is -2.31. The van der Waals surface area contributed by atoms with Crippen molar-refractivity contribution in [3.8, 4) is 0 Å². The Labute approximate surface area is 149 Å². The van der Waals surface area contributed by atoms with E-state index in [4.69, 9.17) is 12.2 Å². The van der Waals surface area contributed by atoms with Gasteiger partial charge >= 0.3 is 0 Å². The van der Waals surface area contributed by atoms with E-state index in [1.165, 1.54) is 37.2 Å². The van der Waals surface area contributed by atoms with Crippen LogP contribution in [-0.4, -0.2) is 23.2 Å². The first-order chi connectivity index (χ1) is 11.6. The van der Waals surface area contributed by atoms with Gasteiger partial charge in [-0.3, -0.25) is 0 Å². The van der Waals surface area contributed by atoms with Crippen molar-refractivity contribution in [2.24, 2.45) is 0 Å².